The minimum atomic E-state index is 0.538. The summed E-state index contributed by atoms with van der Waals surface area (Å²) in [6.45, 7) is 8.81. The molecule has 110 valence electrons. The molecule has 1 atom stereocenters. The van der Waals surface area contributed by atoms with Gasteiger partial charge in [0.15, 0.2) is 0 Å². The maximum absolute atomic E-state index is 4.48. The second-order valence-electron chi connectivity index (χ2n) is 5.96. The molecular formula is C17H27N3. The number of likely N-dealkylation sites (N-methyl/N-ethyl adjacent to an activating group) is 1. The number of para-hydroxylation sites is 2. The van der Waals surface area contributed by atoms with Gasteiger partial charge in [-0.2, -0.15) is 0 Å². The minimum Gasteiger partial charge on any atom is -0.329 e. The van der Waals surface area contributed by atoms with Gasteiger partial charge in [0.1, 0.15) is 0 Å². The van der Waals surface area contributed by atoms with Crippen molar-refractivity contribution in [3.8, 4) is 0 Å². The Labute approximate surface area is 122 Å². The summed E-state index contributed by atoms with van der Waals surface area (Å²) in [5.74, 6) is 0.798. The number of nitrogens with one attached hydrogen (secondary N) is 1. The summed E-state index contributed by atoms with van der Waals surface area (Å²) in [5, 5.41) is 3.61. The van der Waals surface area contributed by atoms with Crippen LogP contribution in [0.4, 0.5) is 0 Å². The SMILES string of the molecule is CCNC(CCCC(C)C)Cn1cnc2ccccc21. The molecule has 1 heterocycles. The first kappa shape index (κ1) is 15.0. The van der Waals surface area contributed by atoms with Crippen molar-refractivity contribution >= 4 is 11.0 Å². The number of aromatic nitrogens is 2. The Hall–Kier alpha value is -1.35. The van der Waals surface area contributed by atoms with Crippen LogP contribution >= 0.6 is 0 Å². The minimum absolute atomic E-state index is 0.538. The van der Waals surface area contributed by atoms with E-state index in [4.69, 9.17) is 0 Å². The van der Waals surface area contributed by atoms with Crippen LogP contribution in [0.25, 0.3) is 11.0 Å². The Kier molecular flexibility index (Phi) is 5.60. The van der Waals surface area contributed by atoms with Gasteiger partial charge in [-0.1, -0.05) is 45.7 Å². The Morgan fingerprint density at radius 3 is 2.75 bits per heavy atom. The largest absolute Gasteiger partial charge is 0.329 e. The lowest BCUT2D eigenvalue weighted by atomic mass is 10.0. The van der Waals surface area contributed by atoms with E-state index in [0.29, 0.717) is 6.04 Å². The van der Waals surface area contributed by atoms with Crippen molar-refractivity contribution in [2.45, 2.75) is 52.6 Å². The lowest BCUT2D eigenvalue weighted by Crippen LogP contribution is -2.33. The summed E-state index contributed by atoms with van der Waals surface area (Å²) in [7, 11) is 0. The Morgan fingerprint density at radius 1 is 1.20 bits per heavy atom. The quantitative estimate of drug-likeness (QED) is 0.792. The lowest BCUT2D eigenvalue weighted by Gasteiger charge is -2.19. The number of nitrogens with zero attached hydrogens (tertiary/aromatic N) is 2. The van der Waals surface area contributed by atoms with Gasteiger partial charge in [-0.15, -0.1) is 0 Å². The Balaban J connectivity index is 1.99. The highest BCUT2D eigenvalue weighted by Crippen LogP contribution is 2.15. The molecule has 1 aromatic carbocycles. The standard InChI is InChI=1S/C17H27N3/c1-4-18-15(9-7-8-14(2)3)12-20-13-19-16-10-5-6-11-17(16)20/h5-6,10-11,13-15,18H,4,7-9,12H2,1-3H3. The van der Waals surface area contributed by atoms with Crippen LogP contribution in [-0.4, -0.2) is 22.1 Å². The summed E-state index contributed by atoms with van der Waals surface area (Å²) < 4.78 is 2.28. The van der Waals surface area contributed by atoms with Gasteiger partial charge in [-0.25, -0.2) is 4.98 Å². The molecule has 1 aromatic heterocycles. The van der Waals surface area contributed by atoms with E-state index < -0.39 is 0 Å². The van der Waals surface area contributed by atoms with Crippen LogP contribution in [0.15, 0.2) is 30.6 Å². The summed E-state index contributed by atoms with van der Waals surface area (Å²) in [6.07, 6.45) is 5.81. The number of fused-ring (bicyclic) bond motifs is 1. The first-order valence-corrected chi connectivity index (χ1v) is 7.84. The summed E-state index contributed by atoms with van der Waals surface area (Å²) in [4.78, 5) is 4.48. The van der Waals surface area contributed by atoms with Crippen LogP contribution < -0.4 is 5.32 Å². The molecule has 0 spiro atoms. The fraction of sp³-hybridized carbons (Fsp3) is 0.588. The number of benzene rings is 1. The summed E-state index contributed by atoms with van der Waals surface area (Å²) in [6, 6.07) is 8.90. The van der Waals surface area contributed by atoms with E-state index in [0.717, 1.165) is 24.5 Å². The van der Waals surface area contributed by atoms with Gasteiger partial charge in [0.05, 0.1) is 17.4 Å². The van der Waals surface area contributed by atoms with E-state index in [2.05, 4.69) is 53.8 Å². The first-order chi connectivity index (χ1) is 9.70. The van der Waals surface area contributed by atoms with Gasteiger partial charge in [-0.05, 0) is 31.0 Å². The van der Waals surface area contributed by atoms with Gasteiger partial charge in [0.2, 0.25) is 0 Å². The van der Waals surface area contributed by atoms with Crippen molar-refractivity contribution in [1.29, 1.82) is 0 Å². The predicted octanol–water partition coefficient (Wildman–Crippen LogP) is 3.84. The molecule has 0 bridgehead atoms. The maximum atomic E-state index is 4.48. The van der Waals surface area contributed by atoms with Gasteiger partial charge >= 0.3 is 0 Å². The normalized spacial score (nSPS) is 13.2. The lowest BCUT2D eigenvalue weighted by molar-refractivity contribution is 0.406. The van der Waals surface area contributed by atoms with E-state index in [1.165, 1.54) is 24.8 Å². The molecule has 20 heavy (non-hydrogen) atoms. The average Bonchev–Trinajstić information content (AvgIpc) is 2.82. The van der Waals surface area contributed by atoms with Crippen LogP contribution in [0.2, 0.25) is 0 Å². The smallest absolute Gasteiger partial charge is 0.0958 e. The molecule has 3 nitrogen and oxygen atoms in total. The molecular weight excluding hydrogens is 246 g/mol. The molecule has 0 fully saturated rings. The zero-order chi connectivity index (χ0) is 14.4. The second-order valence-corrected chi connectivity index (χ2v) is 5.96. The van der Waals surface area contributed by atoms with Crippen molar-refractivity contribution in [2.24, 2.45) is 5.92 Å². The van der Waals surface area contributed by atoms with Crippen molar-refractivity contribution in [3.05, 3.63) is 30.6 Å². The van der Waals surface area contributed by atoms with E-state index in [1.54, 1.807) is 0 Å². The molecule has 0 aliphatic heterocycles. The molecule has 1 unspecified atom stereocenters. The fourth-order valence-corrected chi connectivity index (χ4v) is 2.71. The number of hydrogen-bond donors (Lipinski definition) is 1. The highest BCUT2D eigenvalue weighted by atomic mass is 15.1. The van der Waals surface area contributed by atoms with Crippen LogP contribution in [0.3, 0.4) is 0 Å². The summed E-state index contributed by atoms with van der Waals surface area (Å²) in [5.41, 5.74) is 2.32. The molecule has 3 heteroatoms. The van der Waals surface area contributed by atoms with E-state index >= 15 is 0 Å². The Morgan fingerprint density at radius 2 is 2.00 bits per heavy atom. The van der Waals surface area contributed by atoms with E-state index in [-0.39, 0.29) is 0 Å². The van der Waals surface area contributed by atoms with Crippen molar-refractivity contribution in [3.63, 3.8) is 0 Å². The van der Waals surface area contributed by atoms with Gasteiger partial charge in [-0.3, -0.25) is 0 Å². The molecule has 1 N–H and O–H groups in total. The third kappa shape index (κ3) is 4.07. The van der Waals surface area contributed by atoms with Crippen molar-refractivity contribution < 1.29 is 0 Å². The van der Waals surface area contributed by atoms with Crippen molar-refractivity contribution in [2.75, 3.05) is 6.54 Å². The monoisotopic (exact) mass is 273 g/mol. The van der Waals surface area contributed by atoms with Crippen LogP contribution in [-0.2, 0) is 6.54 Å². The van der Waals surface area contributed by atoms with Gasteiger partial charge < -0.3 is 9.88 Å². The third-order valence-electron chi connectivity index (χ3n) is 3.77. The maximum Gasteiger partial charge on any atom is 0.0958 e. The summed E-state index contributed by atoms with van der Waals surface area (Å²) >= 11 is 0. The number of hydrogen-bond acceptors (Lipinski definition) is 2. The third-order valence-corrected chi connectivity index (χ3v) is 3.77. The van der Waals surface area contributed by atoms with E-state index in [1.807, 2.05) is 12.4 Å². The zero-order valence-electron chi connectivity index (χ0n) is 13.0. The number of imidazole rings is 1. The molecule has 0 radical (unpaired) electrons. The first-order valence-electron chi connectivity index (χ1n) is 7.84. The average molecular weight is 273 g/mol. The fourth-order valence-electron chi connectivity index (χ4n) is 2.71. The zero-order valence-corrected chi connectivity index (χ0v) is 13.0. The van der Waals surface area contributed by atoms with E-state index in [9.17, 15) is 0 Å². The molecule has 0 amide bonds. The van der Waals surface area contributed by atoms with Crippen LogP contribution in [0, 0.1) is 5.92 Å². The molecule has 0 aliphatic carbocycles. The highest BCUT2D eigenvalue weighted by molar-refractivity contribution is 5.74. The molecule has 2 rings (SSSR count). The molecule has 0 aliphatic rings. The molecule has 2 aromatic rings. The topological polar surface area (TPSA) is 29.9 Å². The second kappa shape index (κ2) is 7.44. The van der Waals surface area contributed by atoms with Crippen molar-refractivity contribution in [1.82, 2.24) is 14.9 Å². The molecule has 0 saturated carbocycles. The molecule has 0 saturated heterocycles. The number of rotatable bonds is 8. The van der Waals surface area contributed by atoms with Gasteiger partial charge in [0, 0.05) is 12.6 Å². The predicted molar refractivity (Wildman–Crippen MR) is 85.9 cm³/mol. The Bertz CT molecular complexity index is 516. The highest BCUT2D eigenvalue weighted by Gasteiger charge is 2.10. The van der Waals surface area contributed by atoms with Crippen LogP contribution in [0.1, 0.15) is 40.0 Å². The van der Waals surface area contributed by atoms with Crippen LogP contribution in [0.5, 0.6) is 0 Å². The van der Waals surface area contributed by atoms with Gasteiger partial charge in [0.25, 0.3) is 0 Å².